The second-order valence-corrected chi connectivity index (χ2v) is 13.4. The van der Waals surface area contributed by atoms with Crippen molar-refractivity contribution in [2.24, 2.45) is 16.3 Å². The van der Waals surface area contributed by atoms with Gasteiger partial charge in [-0.15, -0.1) is 0 Å². The molecule has 0 saturated heterocycles. The highest BCUT2D eigenvalue weighted by molar-refractivity contribution is 6.46. The maximum absolute atomic E-state index is 14.0. The van der Waals surface area contributed by atoms with Crippen LogP contribution in [0.3, 0.4) is 0 Å². The predicted molar refractivity (Wildman–Crippen MR) is 158 cm³/mol. The minimum Gasteiger partial charge on any atom is -0.481 e. The van der Waals surface area contributed by atoms with Crippen molar-refractivity contribution in [1.82, 2.24) is 10.2 Å². The monoisotopic (exact) mass is 599 g/mol. The van der Waals surface area contributed by atoms with E-state index in [1.54, 1.807) is 17.0 Å². The fourth-order valence-electron chi connectivity index (χ4n) is 6.16. The highest BCUT2D eigenvalue weighted by atomic mass is 19.4. The highest BCUT2D eigenvalue weighted by Crippen LogP contribution is 2.47. The fraction of sp³-hybridized carbons (Fsp3) is 0.515. The normalized spacial score (nSPS) is 21.2. The summed E-state index contributed by atoms with van der Waals surface area (Å²) in [6, 6.07) is 11.7. The zero-order valence-electron chi connectivity index (χ0n) is 25.3. The Hall–Kier alpha value is -3.69. The summed E-state index contributed by atoms with van der Waals surface area (Å²) in [6.07, 6.45) is -1.79. The SMILES string of the molecule is CC(C)(CN1C(=O)C(c2cccc(C(F)(F)F)c2)=NC12CCC(C(C)(C)C)CC2)c1ccc(C(=O)NCCC(=O)O)cc1. The Morgan fingerprint density at radius 3 is 2.19 bits per heavy atom. The maximum Gasteiger partial charge on any atom is 0.416 e. The number of aliphatic carboxylic acids is 1. The third-order valence-electron chi connectivity index (χ3n) is 8.85. The Bertz CT molecular complexity index is 1400. The van der Waals surface area contributed by atoms with Crippen molar-refractivity contribution in [3.63, 3.8) is 0 Å². The van der Waals surface area contributed by atoms with Gasteiger partial charge in [0, 0.05) is 29.6 Å². The summed E-state index contributed by atoms with van der Waals surface area (Å²) in [5.74, 6) is -1.33. The van der Waals surface area contributed by atoms with Gasteiger partial charge in [-0.25, -0.2) is 0 Å². The Morgan fingerprint density at radius 2 is 1.63 bits per heavy atom. The molecule has 232 valence electrons. The Balaban J connectivity index is 1.62. The molecule has 2 amide bonds. The van der Waals surface area contributed by atoms with E-state index in [-0.39, 0.29) is 48.0 Å². The summed E-state index contributed by atoms with van der Waals surface area (Å²) >= 11 is 0. The Kier molecular flexibility index (Phi) is 8.82. The lowest BCUT2D eigenvalue weighted by Crippen LogP contribution is -2.53. The molecule has 2 aromatic rings. The third-order valence-corrected chi connectivity index (χ3v) is 8.85. The van der Waals surface area contributed by atoms with Gasteiger partial charge in [-0.3, -0.25) is 19.4 Å². The van der Waals surface area contributed by atoms with Gasteiger partial charge in [0.15, 0.2) is 0 Å². The topological polar surface area (TPSA) is 99.1 Å². The van der Waals surface area contributed by atoms with E-state index in [0.717, 1.165) is 30.5 Å². The van der Waals surface area contributed by atoms with Crippen molar-refractivity contribution in [1.29, 1.82) is 0 Å². The van der Waals surface area contributed by atoms with Crippen LogP contribution in [0.4, 0.5) is 13.2 Å². The number of carbonyl (C=O) groups is 3. The van der Waals surface area contributed by atoms with Gasteiger partial charge in [-0.05, 0) is 66.8 Å². The van der Waals surface area contributed by atoms with Gasteiger partial charge in [-0.1, -0.05) is 58.9 Å². The van der Waals surface area contributed by atoms with Crippen LogP contribution < -0.4 is 5.32 Å². The average Bonchev–Trinajstić information content (AvgIpc) is 3.18. The molecule has 1 fully saturated rings. The van der Waals surface area contributed by atoms with Gasteiger partial charge in [0.25, 0.3) is 11.8 Å². The zero-order chi connectivity index (χ0) is 31.8. The number of nitrogens with one attached hydrogen (secondary N) is 1. The molecule has 0 unspecified atom stereocenters. The lowest BCUT2D eigenvalue weighted by molar-refractivity contribution is -0.138. The fourth-order valence-corrected chi connectivity index (χ4v) is 6.16. The first-order chi connectivity index (χ1) is 19.9. The molecular formula is C33H40F3N3O4. The van der Waals surface area contributed by atoms with E-state index in [2.05, 4.69) is 26.1 Å². The van der Waals surface area contributed by atoms with Crippen LogP contribution in [-0.2, 0) is 21.2 Å². The third kappa shape index (κ3) is 7.11. The molecule has 0 aromatic heterocycles. The second-order valence-electron chi connectivity index (χ2n) is 13.4. The van der Waals surface area contributed by atoms with Crippen LogP contribution >= 0.6 is 0 Å². The van der Waals surface area contributed by atoms with E-state index >= 15 is 0 Å². The van der Waals surface area contributed by atoms with Crippen LogP contribution in [-0.4, -0.2) is 52.3 Å². The number of aliphatic imine (C=N–C) groups is 1. The van der Waals surface area contributed by atoms with E-state index in [0.29, 0.717) is 24.3 Å². The van der Waals surface area contributed by atoms with E-state index in [1.165, 1.54) is 12.1 Å². The number of carboxylic acid groups (broad SMARTS) is 1. The molecule has 0 radical (unpaired) electrons. The van der Waals surface area contributed by atoms with Gasteiger partial charge >= 0.3 is 12.1 Å². The van der Waals surface area contributed by atoms with Gasteiger partial charge in [0.05, 0.1) is 12.0 Å². The number of benzene rings is 2. The van der Waals surface area contributed by atoms with Gasteiger partial charge < -0.3 is 15.3 Å². The molecule has 2 aromatic carbocycles. The van der Waals surface area contributed by atoms with Crippen LogP contribution in [0.15, 0.2) is 53.5 Å². The first-order valence-electron chi connectivity index (χ1n) is 14.6. The van der Waals surface area contributed by atoms with Gasteiger partial charge in [-0.2, -0.15) is 13.2 Å². The summed E-state index contributed by atoms with van der Waals surface area (Å²) in [6.45, 7) is 10.9. The average molecular weight is 600 g/mol. The van der Waals surface area contributed by atoms with Gasteiger partial charge in [0.1, 0.15) is 11.4 Å². The smallest absolute Gasteiger partial charge is 0.416 e. The van der Waals surface area contributed by atoms with E-state index in [1.807, 2.05) is 26.0 Å². The molecule has 1 heterocycles. The van der Waals surface area contributed by atoms with E-state index in [4.69, 9.17) is 10.1 Å². The molecule has 2 aliphatic rings. The number of nitrogens with zero attached hydrogens (tertiary/aromatic N) is 2. The zero-order valence-corrected chi connectivity index (χ0v) is 25.3. The largest absolute Gasteiger partial charge is 0.481 e. The minimum absolute atomic E-state index is 0.0187. The van der Waals surface area contributed by atoms with Crippen LogP contribution in [0.2, 0.25) is 0 Å². The number of carboxylic acids is 1. The summed E-state index contributed by atoms with van der Waals surface area (Å²) in [5.41, 5.74) is -0.687. The number of amides is 2. The molecule has 7 nitrogen and oxygen atoms in total. The molecule has 0 atom stereocenters. The molecule has 0 bridgehead atoms. The number of alkyl halides is 3. The second kappa shape index (κ2) is 11.8. The molecule has 43 heavy (non-hydrogen) atoms. The molecule has 1 spiro atoms. The summed E-state index contributed by atoms with van der Waals surface area (Å²) in [7, 11) is 0. The van der Waals surface area contributed by atoms with Crippen LogP contribution in [0.25, 0.3) is 0 Å². The van der Waals surface area contributed by atoms with Crippen molar-refractivity contribution in [2.75, 3.05) is 13.1 Å². The molecule has 1 saturated carbocycles. The number of hydrogen-bond acceptors (Lipinski definition) is 4. The summed E-state index contributed by atoms with van der Waals surface area (Å²) in [4.78, 5) is 43.9. The number of hydrogen-bond donors (Lipinski definition) is 2. The quantitative estimate of drug-likeness (QED) is 0.364. The first kappa shape index (κ1) is 32.2. The molecule has 10 heteroatoms. The summed E-state index contributed by atoms with van der Waals surface area (Å²) < 4.78 is 40.6. The lowest BCUT2D eigenvalue weighted by atomic mass is 9.69. The molecule has 2 N–H and O–H groups in total. The number of rotatable bonds is 8. The van der Waals surface area contributed by atoms with Crippen LogP contribution in [0.5, 0.6) is 0 Å². The number of halogens is 3. The maximum atomic E-state index is 14.0. The Labute approximate surface area is 250 Å². The standard InChI is InChI=1S/C33H40F3N3O4/c1-30(2,3)23-13-16-32(17-14-23)38-27(22-7-6-8-25(19-22)33(34,35)36)29(43)39(32)20-31(4,5)24-11-9-21(10-12-24)28(42)37-18-15-26(40)41/h6-12,19,23H,13-18,20H2,1-5H3,(H,37,42)(H,40,41). The van der Waals surface area contributed by atoms with Crippen molar-refractivity contribution in [3.8, 4) is 0 Å². The van der Waals surface area contributed by atoms with Crippen molar-refractivity contribution in [3.05, 3.63) is 70.8 Å². The van der Waals surface area contributed by atoms with Crippen molar-refractivity contribution in [2.45, 2.75) is 84.0 Å². The van der Waals surface area contributed by atoms with E-state index < -0.39 is 28.8 Å². The van der Waals surface area contributed by atoms with Crippen LogP contribution in [0.1, 0.15) is 93.8 Å². The van der Waals surface area contributed by atoms with E-state index in [9.17, 15) is 27.6 Å². The highest BCUT2D eigenvalue weighted by Gasteiger charge is 2.51. The van der Waals surface area contributed by atoms with Gasteiger partial charge in [0.2, 0.25) is 0 Å². The lowest BCUT2D eigenvalue weighted by Gasteiger charge is -2.46. The first-order valence-corrected chi connectivity index (χ1v) is 14.6. The van der Waals surface area contributed by atoms with Crippen molar-refractivity contribution < 1.29 is 32.7 Å². The Morgan fingerprint density at radius 1 is 1.00 bits per heavy atom. The van der Waals surface area contributed by atoms with Crippen molar-refractivity contribution >= 4 is 23.5 Å². The molecule has 4 rings (SSSR count). The molecule has 1 aliphatic heterocycles. The molecule has 1 aliphatic carbocycles. The minimum atomic E-state index is -4.54. The molecular weight excluding hydrogens is 559 g/mol. The summed E-state index contributed by atoms with van der Waals surface area (Å²) in [5, 5.41) is 11.4. The van der Waals surface area contributed by atoms with Crippen LogP contribution in [0, 0.1) is 11.3 Å². The predicted octanol–water partition coefficient (Wildman–Crippen LogP) is 6.45. The number of carbonyl (C=O) groups excluding carboxylic acids is 2.